The Morgan fingerprint density at radius 3 is 2.42 bits per heavy atom. The third-order valence-electron chi connectivity index (χ3n) is 4.12. The van der Waals surface area contributed by atoms with Crippen molar-refractivity contribution in [1.29, 1.82) is 0 Å². The van der Waals surface area contributed by atoms with Crippen LogP contribution >= 0.6 is 0 Å². The van der Waals surface area contributed by atoms with E-state index in [0.717, 1.165) is 12.8 Å². The molecule has 1 saturated heterocycles. The van der Waals surface area contributed by atoms with Crippen molar-refractivity contribution in [1.82, 2.24) is 10.4 Å². The minimum absolute atomic E-state index is 0.124. The highest BCUT2D eigenvalue weighted by Gasteiger charge is 2.60. The third kappa shape index (κ3) is 1.74. The second-order valence-electron chi connectivity index (χ2n) is 5.28. The summed E-state index contributed by atoms with van der Waals surface area (Å²) in [7, 11) is 0. The predicted octanol–water partition coefficient (Wildman–Crippen LogP) is 0.845. The van der Waals surface area contributed by atoms with Gasteiger partial charge in [-0.25, -0.2) is 4.79 Å². The Bertz CT molecular complexity index is 443. The number of hydrogen-bond acceptors (Lipinski definition) is 4. The Morgan fingerprint density at radius 2 is 1.89 bits per heavy atom. The van der Waals surface area contributed by atoms with Crippen LogP contribution in [0.5, 0.6) is 0 Å². The fourth-order valence-corrected chi connectivity index (χ4v) is 3.31. The molecule has 0 unspecified atom stereocenters. The van der Waals surface area contributed by atoms with E-state index in [1.807, 2.05) is 19.1 Å². The SMILES string of the molecule is CCCNC(=O)ON1C(=O)[C@@H]2[C@H](C1=O)[C@@H]1C=C[C@H]2C1. The number of imide groups is 1. The van der Waals surface area contributed by atoms with Gasteiger partial charge in [0.25, 0.3) is 11.8 Å². The summed E-state index contributed by atoms with van der Waals surface area (Å²) in [6.07, 6.45) is 4.87. The number of allylic oxidation sites excluding steroid dienone is 2. The summed E-state index contributed by atoms with van der Waals surface area (Å²) in [5, 5.41) is 3.14. The van der Waals surface area contributed by atoms with Gasteiger partial charge >= 0.3 is 6.09 Å². The molecule has 1 heterocycles. The molecule has 0 spiro atoms. The van der Waals surface area contributed by atoms with Gasteiger partial charge in [-0.15, -0.1) is 5.06 Å². The fourth-order valence-electron chi connectivity index (χ4n) is 3.31. The van der Waals surface area contributed by atoms with Crippen LogP contribution in [0.1, 0.15) is 19.8 Å². The smallest absolute Gasteiger partial charge is 0.320 e. The highest BCUT2D eigenvalue weighted by molar-refractivity contribution is 6.06. The molecule has 3 aliphatic rings. The largest absolute Gasteiger partial charge is 0.432 e. The highest BCUT2D eigenvalue weighted by atomic mass is 16.7. The van der Waals surface area contributed by atoms with E-state index in [0.29, 0.717) is 11.6 Å². The second kappa shape index (κ2) is 4.36. The van der Waals surface area contributed by atoms with Crippen LogP contribution in [0.4, 0.5) is 4.79 Å². The topological polar surface area (TPSA) is 75.7 Å². The van der Waals surface area contributed by atoms with E-state index in [1.165, 1.54) is 0 Å². The number of rotatable bonds is 3. The summed E-state index contributed by atoms with van der Waals surface area (Å²) in [5.74, 6) is -1.17. The van der Waals surface area contributed by atoms with Gasteiger partial charge in [-0.1, -0.05) is 19.1 Å². The van der Waals surface area contributed by atoms with Crippen LogP contribution in [0.15, 0.2) is 12.2 Å². The standard InChI is InChI=1S/C13H16N2O4/c1-2-5-14-13(18)19-15-11(16)9-7-3-4-8(6-7)10(9)12(15)17/h3-4,7-10H,2,5-6H2,1H3,(H,14,18)/t7-,8+,9-,10+. The summed E-state index contributed by atoms with van der Waals surface area (Å²) < 4.78 is 0. The van der Waals surface area contributed by atoms with Gasteiger partial charge in [0, 0.05) is 6.54 Å². The number of hydrogen-bond donors (Lipinski definition) is 1. The lowest BCUT2D eigenvalue weighted by Crippen LogP contribution is -2.39. The number of carbonyl (C=O) groups excluding carboxylic acids is 3. The number of hydroxylamine groups is 2. The van der Waals surface area contributed by atoms with Crippen molar-refractivity contribution in [2.24, 2.45) is 23.7 Å². The Hall–Kier alpha value is -1.85. The van der Waals surface area contributed by atoms with E-state index in [-0.39, 0.29) is 35.5 Å². The Balaban J connectivity index is 1.70. The lowest BCUT2D eigenvalue weighted by molar-refractivity contribution is -0.174. The van der Waals surface area contributed by atoms with Crippen LogP contribution in [0.2, 0.25) is 0 Å². The number of nitrogens with zero attached hydrogens (tertiary/aromatic N) is 1. The zero-order valence-corrected chi connectivity index (χ0v) is 10.7. The van der Waals surface area contributed by atoms with Crippen LogP contribution < -0.4 is 5.32 Å². The number of nitrogens with one attached hydrogen (secondary N) is 1. The molecule has 2 fully saturated rings. The van der Waals surface area contributed by atoms with Gasteiger partial charge in [0.05, 0.1) is 11.8 Å². The molecule has 0 aromatic carbocycles. The van der Waals surface area contributed by atoms with Crippen molar-refractivity contribution in [3.05, 3.63) is 12.2 Å². The predicted molar refractivity (Wildman–Crippen MR) is 64.3 cm³/mol. The first-order valence-electron chi connectivity index (χ1n) is 6.65. The minimum atomic E-state index is -0.746. The van der Waals surface area contributed by atoms with Gasteiger partial charge in [0.15, 0.2) is 0 Å². The number of carbonyl (C=O) groups is 3. The van der Waals surface area contributed by atoms with Crippen LogP contribution in [0.3, 0.4) is 0 Å². The molecule has 3 rings (SSSR count). The van der Waals surface area contributed by atoms with Crippen molar-refractivity contribution in [2.75, 3.05) is 6.54 Å². The summed E-state index contributed by atoms with van der Waals surface area (Å²) in [6.45, 7) is 2.36. The molecule has 19 heavy (non-hydrogen) atoms. The van der Waals surface area contributed by atoms with Crippen LogP contribution in [0.25, 0.3) is 0 Å². The maximum Gasteiger partial charge on any atom is 0.432 e. The zero-order chi connectivity index (χ0) is 13.6. The molecule has 4 atom stereocenters. The van der Waals surface area contributed by atoms with Crippen LogP contribution in [-0.4, -0.2) is 29.5 Å². The van der Waals surface area contributed by atoms with Crippen LogP contribution in [0, 0.1) is 23.7 Å². The summed E-state index contributed by atoms with van der Waals surface area (Å²) in [6, 6.07) is 0. The molecule has 0 aromatic rings. The van der Waals surface area contributed by atoms with Gasteiger partial charge < -0.3 is 10.2 Å². The maximum absolute atomic E-state index is 12.2. The zero-order valence-electron chi connectivity index (χ0n) is 10.7. The monoisotopic (exact) mass is 264 g/mol. The van der Waals surface area contributed by atoms with Crippen molar-refractivity contribution < 1.29 is 19.2 Å². The maximum atomic E-state index is 12.2. The van der Waals surface area contributed by atoms with E-state index in [1.54, 1.807) is 0 Å². The molecule has 2 aliphatic carbocycles. The molecule has 3 amide bonds. The molecular formula is C13H16N2O4. The normalized spacial score (nSPS) is 34.9. The molecule has 102 valence electrons. The van der Waals surface area contributed by atoms with E-state index >= 15 is 0 Å². The van der Waals surface area contributed by atoms with Crippen molar-refractivity contribution in [2.45, 2.75) is 19.8 Å². The quantitative estimate of drug-likeness (QED) is 0.605. The fraction of sp³-hybridized carbons (Fsp3) is 0.615. The first kappa shape index (κ1) is 12.2. The molecule has 0 radical (unpaired) electrons. The van der Waals surface area contributed by atoms with E-state index in [4.69, 9.17) is 4.84 Å². The summed E-state index contributed by atoms with van der Waals surface area (Å²) >= 11 is 0. The van der Waals surface area contributed by atoms with Gasteiger partial charge in [-0.2, -0.15) is 0 Å². The Labute approximate surface area is 110 Å². The molecule has 0 aromatic heterocycles. The molecule has 1 aliphatic heterocycles. The lowest BCUT2D eigenvalue weighted by atomic mass is 9.85. The van der Waals surface area contributed by atoms with Crippen molar-refractivity contribution >= 4 is 17.9 Å². The average molecular weight is 264 g/mol. The lowest BCUT2D eigenvalue weighted by Gasteiger charge is -2.15. The van der Waals surface area contributed by atoms with Gasteiger partial charge in [-0.05, 0) is 24.7 Å². The van der Waals surface area contributed by atoms with Crippen molar-refractivity contribution in [3.8, 4) is 0 Å². The van der Waals surface area contributed by atoms with E-state index in [2.05, 4.69) is 5.32 Å². The summed E-state index contributed by atoms with van der Waals surface area (Å²) in [4.78, 5) is 40.6. The molecule has 2 bridgehead atoms. The Morgan fingerprint density at radius 1 is 1.32 bits per heavy atom. The first-order chi connectivity index (χ1) is 9.13. The van der Waals surface area contributed by atoms with Gasteiger partial charge in [0.2, 0.25) is 0 Å². The molecule has 1 saturated carbocycles. The first-order valence-corrected chi connectivity index (χ1v) is 6.65. The van der Waals surface area contributed by atoms with Crippen LogP contribution in [-0.2, 0) is 14.4 Å². The number of fused-ring (bicyclic) bond motifs is 5. The average Bonchev–Trinajstić information content (AvgIpc) is 3.06. The summed E-state index contributed by atoms with van der Waals surface area (Å²) in [5.41, 5.74) is 0. The van der Waals surface area contributed by atoms with E-state index < -0.39 is 6.09 Å². The van der Waals surface area contributed by atoms with Crippen molar-refractivity contribution in [3.63, 3.8) is 0 Å². The number of amides is 3. The molecule has 6 heteroatoms. The Kier molecular flexibility index (Phi) is 2.80. The van der Waals surface area contributed by atoms with Gasteiger partial charge in [0.1, 0.15) is 0 Å². The molecule has 1 N–H and O–H groups in total. The second-order valence-corrected chi connectivity index (χ2v) is 5.28. The molecule has 6 nitrogen and oxygen atoms in total. The third-order valence-corrected chi connectivity index (χ3v) is 4.12. The molecular weight excluding hydrogens is 248 g/mol. The minimum Gasteiger partial charge on any atom is -0.320 e. The van der Waals surface area contributed by atoms with Gasteiger partial charge in [-0.3, -0.25) is 9.59 Å². The van der Waals surface area contributed by atoms with E-state index in [9.17, 15) is 14.4 Å². The highest BCUT2D eigenvalue weighted by Crippen LogP contribution is 2.52.